The number of unbranched alkanes of at least 4 members (excludes halogenated alkanes) is 2. The monoisotopic (exact) mass is 394 g/mol. The summed E-state index contributed by atoms with van der Waals surface area (Å²) in [5.41, 5.74) is 2.40. The van der Waals surface area contributed by atoms with Gasteiger partial charge in [0.2, 0.25) is 0 Å². The molecule has 29 heavy (non-hydrogen) atoms. The second-order valence-electron chi connectivity index (χ2n) is 7.63. The average molecular weight is 395 g/mol. The van der Waals surface area contributed by atoms with Crippen LogP contribution in [0.25, 0.3) is 11.1 Å². The van der Waals surface area contributed by atoms with Crippen molar-refractivity contribution < 1.29 is 19.1 Å². The lowest BCUT2D eigenvalue weighted by Crippen LogP contribution is -2.46. The number of carbonyl (C=O) groups is 2. The number of hydrogen-bond donors (Lipinski definition) is 0. The molecule has 0 saturated heterocycles. The van der Waals surface area contributed by atoms with Gasteiger partial charge in [-0.25, -0.2) is 0 Å². The van der Waals surface area contributed by atoms with Gasteiger partial charge in [0, 0.05) is 0 Å². The molecule has 0 saturated carbocycles. The van der Waals surface area contributed by atoms with Crippen LogP contribution in [0.2, 0.25) is 0 Å². The van der Waals surface area contributed by atoms with Crippen LogP contribution in [0, 0.1) is 5.92 Å². The van der Waals surface area contributed by atoms with E-state index in [9.17, 15) is 9.59 Å². The van der Waals surface area contributed by atoms with Crippen molar-refractivity contribution in [1.29, 1.82) is 0 Å². The predicted molar refractivity (Wildman–Crippen MR) is 114 cm³/mol. The minimum Gasteiger partial charge on any atom is -0.465 e. The molecule has 0 radical (unpaired) electrons. The second-order valence-corrected chi connectivity index (χ2v) is 7.63. The Morgan fingerprint density at radius 3 is 1.83 bits per heavy atom. The van der Waals surface area contributed by atoms with Crippen molar-refractivity contribution in [3.8, 4) is 11.1 Å². The molecule has 1 aliphatic rings. The molecule has 2 aromatic rings. The number of carbonyl (C=O) groups excluding carboxylic acids is 2. The zero-order chi connectivity index (χ0) is 20.9. The van der Waals surface area contributed by atoms with Gasteiger partial charge < -0.3 is 9.47 Å². The molecule has 3 rings (SSSR count). The van der Waals surface area contributed by atoms with E-state index in [1.807, 2.05) is 55.5 Å². The fourth-order valence-corrected chi connectivity index (χ4v) is 4.17. The summed E-state index contributed by atoms with van der Waals surface area (Å²) in [6, 6.07) is 15.6. The van der Waals surface area contributed by atoms with Crippen molar-refractivity contribution in [2.45, 2.75) is 51.9 Å². The first-order chi connectivity index (χ1) is 14.1. The van der Waals surface area contributed by atoms with Gasteiger partial charge >= 0.3 is 11.9 Å². The van der Waals surface area contributed by atoms with Crippen molar-refractivity contribution in [2.24, 2.45) is 5.92 Å². The summed E-state index contributed by atoms with van der Waals surface area (Å²) < 4.78 is 11.3. The largest absolute Gasteiger partial charge is 0.465 e. The van der Waals surface area contributed by atoms with Crippen LogP contribution in [-0.4, -0.2) is 25.2 Å². The molecule has 0 amide bonds. The Hall–Kier alpha value is -2.62. The minimum absolute atomic E-state index is 0.346. The van der Waals surface area contributed by atoms with Gasteiger partial charge in [-0.2, -0.15) is 0 Å². The first-order valence-electron chi connectivity index (χ1n) is 10.6. The summed E-state index contributed by atoms with van der Waals surface area (Å²) in [5, 5.41) is 0. The lowest BCUT2D eigenvalue weighted by molar-refractivity contribution is -0.160. The van der Waals surface area contributed by atoms with Gasteiger partial charge in [-0.15, -0.1) is 0 Å². The summed E-state index contributed by atoms with van der Waals surface area (Å²) in [4.78, 5) is 26.6. The molecule has 0 spiro atoms. The normalized spacial score (nSPS) is 14.6. The molecule has 0 fully saturated rings. The van der Waals surface area contributed by atoms with E-state index in [0.717, 1.165) is 47.9 Å². The fraction of sp³-hybridized carbons (Fsp3) is 0.440. The van der Waals surface area contributed by atoms with Gasteiger partial charge in [-0.05, 0) is 35.1 Å². The Labute approximate surface area is 173 Å². The highest BCUT2D eigenvalue weighted by molar-refractivity contribution is 6.01. The van der Waals surface area contributed by atoms with Gasteiger partial charge in [-0.1, -0.05) is 82.1 Å². The van der Waals surface area contributed by atoms with Crippen LogP contribution < -0.4 is 0 Å². The highest BCUT2D eigenvalue weighted by Crippen LogP contribution is 2.53. The summed E-state index contributed by atoms with van der Waals surface area (Å²) in [6.07, 6.45) is 3.47. The molecule has 0 aromatic heterocycles. The lowest BCUT2D eigenvalue weighted by Gasteiger charge is -2.34. The van der Waals surface area contributed by atoms with E-state index in [4.69, 9.17) is 9.47 Å². The summed E-state index contributed by atoms with van der Waals surface area (Å²) in [5.74, 6) is -1.43. The van der Waals surface area contributed by atoms with Crippen LogP contribution in [0.1, 0.15) is 57.6 Å². The third-order valence-corrected chi connectivity index (χ3v) is 5.79. The van der Waals surface area contributed by atoms with Crippen molar-refractivity contribution >= 4 is 11.9 Å². The molecular formula is C25H30O4. The molecule has 0 aliphatic heterocycles. The zero-order valence-corrected chi connectivity index (χ0v) is 17.6. The first kappa shape index (κ1) is 21.1. The Kier molecular flexibility index (Phi) is 6.73. The Morgan fingerprint density at radius 2 is 1.31 bits per heavy atom. The first-order valence-corrected chi connectivity index (χ1v) is 10.6. The quantitative estimate of drug-likeness (QED) is 0.429. The van der Waals surface area contributed by atoms with Gasteiger partial charge in [0.05, 0.1) is 19.1 Å². The van der Waals surface area contributed by atoms with E-state index in [0.29, 0.717) is 13.2 Å². The second kappa shape index (κ2) is 9.25. The van der Waals surface area contributed by atoms with E-state index in [2.05, 4.69) is 6.92 Å². The lowest BCUT2D eigenvalue weighted by atomic mass is 9.69. The van der Waals surface area contributed by atoms with Crippen molar-refractivity contribution in [3.05, 3.63) is 59.7 Å². The van der Waals surface area contributed by atoms with Gasteiger partial charge in [0.25, 0.3) is 0 Å². The predicted octanol–water partition coefficient (Wildman–Crippen LogP) is 5.28. The highest BCUT2D eigenvalue weighted by atomic mass is 16.5. The molecule has 4 heteroatoms. The molecular weight excluding hydrogens is 364 g/mol. The molecule has 0 N–H and O–H groups in total. The maximum absolute atomic E-state index is 13.6. The maximum Gasteiger partial charge on any atom is 0.322 e. The molecule has 2 aromatic carbocycles. The van der Waals surface area contributed by atoms with Crippen LogP contribution >= 0.6 is 0 Å². The SMILES string of the molecule is CCCCOC(=O)C(C)C1(C(=O)OCCCC)c2ccccc2-c2ccccc21. The zero-order valence-electron chi connectivity index (χ0n) is 17.6. The maximum atomic E-state index is 13.6. The molecule has 1 atom stereocenters. The molecule has 1 aliphatic carbocycles. The van der Waals surface area contributed by atoms with E-state index < -0.39 is 11.3 Å². The van der Waals surface area contributed by atoms with Gasteiger partial charge in [0.1, 0.15) is 5.41 Å². The minimum atomic E-state index is -1.19. The van der Waals surface area contributed by atoms with Crippen molar-refractivity contribution in [3.63, 3.8) is 0 Å². The summed E-state index contributed by atoms with van der Waals surface area (Å²) in [7, 11) is 0. The number of ether oxygens (including phenoxy) is 2. The Morgan fingerprint density at radius 1 is 0.828 bits per heavy atom. The van der Waals surface area contributed by atoms with Gasteiger partial charge in [0.15, 0.2) is 0 Å². The number of rotatable bonds is 9. The number of fused-ring (bicyclic) bond motifs is 3. The Balaban J connectivity index is 2.11. The molecule has 154 valence electrons. The number of esters is 2. The van der Waals surface area contributed by atoms with Gasteiger partial charge in [-0.3, -0.25) is 9.59 Å². The van der Waals surface area contributed by atoms with E-state index >= 15 is 0 Å². The molecule has 0 bridgehead atoms. The average Bonchev–Trinajstić information content (AvgIpc) is 3.05. The smallest absolute Gasteiger partial charge is 0.322 e. The third kappa shape index (κ3) is 3.68. The van der Waals surface area contributed by atoms with Crippen LogP contribution in [-0.2, 0) is 24.5 Å². The van der Waals surface area contributed by atoms with Crippen molar-refractivity contribution in [1.82, 2.24) is 0 Å². The van der Waals surface area contributed by atoms with Crippen LogP contribution in [0.15, 0.2) is 48.5 Å². The summed E-state index contributed by atoms with van der Waals surface area (Å²) >= 11 is 0. The third-order valence-electron chi connectivity index (χ3n) is 5.79. The molecule has 4 nitrogen and oxygen atoms in total. The highest BCUT2D eigenvalue weighted by Gasteiger charge is 2.56. The Bertz CT molecular complexity index is 825. The number of hydrogen-bond acceptors (Lipinski definition) is 4. The number of benzene rings is 2. The van der Waals surface area contributed by atoms with E-state index in [1.54, 1.807) is 6.92 Å². The van der Waals surface area contributed by atoms with Crippen LogP contribution in [0.5, 0.6) is 0 Å². The van der Waals surface area contributed by atoms with E-state index in [-0.39, 0.29) is 11.9 Å². The molecule has 0 heterocycles. The standard InChI is InChI=1S/C25H30O4/c1-4-6-16-28-23(26)18(3)25(24(27)29-17-7-5-2)21-14-10-8-12-19(21)20-13-9-11-15-22(20)25/h8-15,18H,4-7,16-17H2,1-3H3. The van der Waals surface area contributed by atoms with Crippen LogP contribution in [0.3, 0.4) is 0 Å². The topological polar surface area (TPSA) is 52.6 Å². The van der Waals surface area contributed by atoms with E-state index in [1.165, 1.54) is 0 Å². The van der Waals surface area contributed by atoms with Crippen molar-refractivity contribution in [2.75, 3.05) is 13.2 Å². The van der Waals surface area contributed by atoms with Crippen LogP contribution in [0.4, 0.5) is 0 Å². The summed E-state index contributed by atoms with van der Waals surface area (Å²) in [6.45, 7) is 6.60. The fourth-order valence-electron chi connectivity index (χ4n) is 4.17. The molecule has 1 unspecified atom stereocenters.